The third kappa shape index (κ3) is 5.06. The SMILES string of the molecule is ClC1=CCCC(Cl)=CCC1.[Pt]. The molecule has 0 bridgehead atoms. The van der Waals surface area contributed by atoms with E-state index in [1.54, 1.807) is 0 Å². The average molecular weight is 372 g/mol. The minimum absolute atomic E-state index is 0. The quantitative estimate of drug-likeness (QED) is 0.607. The molecule has 0 unspecified atom stereocenters. The van der Waals surface area contributed by atoms with Gasteiger partial charge in [-0.3, -0.25) is 0 Å². The third-order valence-corrected chi connectivity index (χ3v) is 2.18. The van der Waals surface area contributed by atoms with Crippen LogP contribution < -0.4 is 0 Å². The van der Waals surface area contributed by atoms with Gasteiger partial charge >= 0.3 is 0 Å². The normalized spacial score (nSPS) is 18.7. The first-order valence-corrected chi connectivity index (χ1v) is 4.23. The van der Waals surface area contributed by atoms with E-state index in [1.807, 2.05) is 0 Å². The molecule has 0 N–H and O–H groups in total. The van der Waals surface area contributed by atoms with Crippen LogP contribution in [0.15, 0.2) is 22.2 Å². The summed E-state index contributed by atoms with van der Waals surface area (Å²) >= 11 is 11.7. The molecule has 1 rings (SSSR count). The summed E-state index contributed by atoms with van der Waals surface area (Å²) < 4.78 is 0. The molecule has 0 aromatic rings. The standard InChI is InChI=1S/C8H10Cl2.Pt/c9-7-3-1-4-8(10)6-2-5-7;/h3,6H,1-2,4-5H2;. The van der Waals surface area contributed by atoms with Crippen molar-refractivity contribution in [3.8, 4) is 0 Å². The molecule has 1 aliphatic rings. The molecule has 0 amide bonds. The molecule has 0 aromatic carbocycles. The van der Waals surface area contributed by atoms with Gasteiger partial charge in [0.25, 0.3) is 0 Å². The zero-order chi connectivity index (χ0) is 7.40. The first kappa shape index (κ1) is 11.7. The Labute approximate surface area is 91.9 Å². The van der Waals surface area contributed by atoms with Gasteiger partial charge in [-0.15, -0.1) is 0 Å². The van der Waals surface area contributed by atoms with Gasteiger partial charge in [-0.25, -0.2) is 0 Å². The fourth-order valence-corrected chi connectivity index (χ4v) is 1.37. The van der Waals surface area contributed by atoms with Crippen molar-refractivity contribution < 1.29 is 21.1 Å². The van der Waals surface area contributed by atoms with Crippen LogP contribution in [0.4, 0.5) is 0 Å². The molecule has 0 nitrogen and oxygen atoms in total. The molecular weight excluding hydrogens is 362 g/mol. The first-order valence-electron chi connectivity index (χ1n) is 3.48. The predicted molar refractivity (Wildman–Crippen MR) is 46.3 cm³/mol. The molecule has 0 saturated carbocycles. The number of hydrogen-bond donors (Lipinski definition) is 0. The van der Waals surface area contributed by atoms with Gasteiger partial charge in [0.15, 0.2) is 0 Å². The van der Waals surface area contributed by atoms with Gasteiger partial charge in [0, 0.05) is 31.1 Å². The van der Waals surface area contributed by atoms with E-state index in [2.05, 4.69) is 12.2 Å². The predicted octanol–water partition coefficient (Wildman–Crippen LogP) is 3.80. The largest absolute Gasteiger partial charge is 0.0895 e. The Balaban J connectivity index is 0.000001000. The van der Waals surface area contributed by atoms with Crippen LogP contribution in [0, 0.1) is 0 Å². The summed E-state index contributed by atoms with van der Waals surface area (Å²) in [5.41, 5.74) is 0. The summed E-state index contributed by atoms with van der Waals surface area (Å²) in [6.07, 6.45) is 7.95. The zero-order valence-electron chi connectivity index (χ0n) is 6.06. The van der Waals surface area contributed by atoms with Gasteiger partial charge in [0.05, 0.1) is 0 Å². The van der Waals surface area contributed by atoms with Gasteiger partial charge < -0.3 is 0 Å². The van der Waals surface area contributed by atoms with Crippen LogP contribution in [0.2, 0.25) is 0 Å². The Morgan fingerprint density at radius 1 is 0.909 bits per heavy atom. The van der Waals surface area contributed by atoms with E-state index in [0.29, 0.717) is 0 Å². The maximum atomic E-state index is 5.83. The Kier molecular flexibility index (Phi) is 6.71. The second kappa shape index (κ2) is 6.28. The molecule has 0 aliphatic heterocycles. The van der Waals surface area contributed by atoms with Crippen molar-refractivity contribution in [2.75, 3.05) is 0 Å². The first-order chi connectivity index (χ1) is 4.79. The summed E-state index contributed by atoms with van der Waals surface area (Å²) in [5, 5.41) is 1.95. The van der Waals surface area contributed by atoms with Crippen LogP contribution in [-0.4, -0.2) is 0 Å². The molecular formula is C8H10Cl2Pt. The molecule has 0 fully saturated rings. The zero-order valence-corrected chi connectivity index (χ0v) is 9.84. The molecule has 0 atom stereocenters. The molecule has 66 valence electrons. The smallest absolute Gasteiger partial charge is 0.0144 e. The second-order valence-corrected chi connectivity index (χ2v) is 3.35. The van der Waals surface area contributed by atoms with E-state index in [4.69, 9.17) is 23.2 Å². The van der Waals surface area contributed by atoms with Gasteiger partial charge in [0.1, 0.15) is 0 Å². The minimum atomic E-state index is 0. The van der Waals surface area contributed by atoms with Crippen molar-refractivity contribution in [2.45, 2.75) is 25.7 Å². The fourth-order valence-electron chi connectivity index (χ4n) is 0.937. The van der Waals surface area contributed by atoms with Crippen LogP contribution in [0.5, 0.6) is 0 Å². The number of halogens is 2. The van der Waals surface area contributed by atoms with Crippen molar-refractivity contribution in [3.63, 3.8) is 0 Å². The van der Waals surface area contributed by atoms with E-state index in [0.717, 1.165) is 35.7 Å². The van der Waals surface area contributed by atoms with Gasteiger partial charge in [-0.1, -0.05) is 35.4 Å². The Hall–Kier alpha value is 0.748. The molecule has 11 heavy (non-hydrogen) atoms. The number of hydrogen-bond acceptors (Lipinski definition) is 0. The van der Waals surface area contributed by atoms with Crippen molar-refractivity contribution in [2.24, 2.45) is 0 Å². The van der Waals surface area contributed by atoms with Crippen LogP contribution >= 0.6 is 23.2 Å². The van der Waals surface area contributed by atoms with E-state index < -0.39 is 0 Å². The van der Waals surface area contributed by atoms with Crippen LogP contribution in [-0.2, 0) is 21.1 Å². The topological polar surface area (TPSA) is 0 Å². The maximum Gasteiger partial charge on any atom is 0.0144 e. The Morgan fingerprint density at radius 2 is 1.27 bits per heavy atom. The summed E-state index contributed by atoms with van der Waals surface area (Å²) in [6.45, 7) is 0. The summed E-state index contributed by atoms with van der Waals surface area (Å²) in [6, 6.07) is 0. The van der Waals surface area contributed by atoms with Crippen molar-refractivity contribution in [1.82, 2.24) is 0 Å². The maximum absolute atomic E-state index is 5.83. The Morgan fingerprint density at radius 3 is 1.64 bits per heavy atom. The molecule has 0 saturated heterocycles. The summed E-state index contributed by atoms with van der Waals surface area (Å²) in [4.78, 5) is 0. The molecule has 0 heterocycles. The van der Waals surface area contributed by atoms with E-state index >= 15 is 0 Å². The summed E-state index contributed by atoms with van der Waals surface area (Å²) in [7, 11) is 0. The fraction of sp³-hybridized carbons (Fsp3) is 0.500. The van der Waals surface area contributed by atoms with Gasteiger partial charge in [-0.05, 0) is 25.7 Å². The van der Waals surface area contributed by atoms with Crippen molar-refractivity contribution in [3.05, 3.63) is 22.2 Å². The Bertz CT molecular complexity index is 153. The van der Waals surface area contributed by atoms with E-state index in [9.17, 15) is 0 Å². The average Bonchev–Trinajstić information content (AvgIpc) is 1.84. The van der Waals surface area contributed by atoms with Gasteiger partial charge in [-0.2, -0.15) is 0 Å². The molecule has 0 aromatic heterocycles. The minimum Gasteiger partial charge on any atom is -0.0895 e. The van der Waals surface area contributed by atoms with E-state index in [1.165, 1.54) is 0 Å². The molecule has 0 spiro atoms. The van der Waals surface area contributed by atoms with Crippen molar-refractivity contribution >= 4 is 23.2 Å². The second-order valence-electron chi connectivity index (χ2n) is 2.38. The number of rotatable bonds is 0. The van der Waals surface area contributed by atoms with E-state index in [-0.39, 0.29) is 21.1 Å². The van der Waals surface area contributed by atoms with Gasteiger partial charge in [0.2, 0.25) is 0 Å². The van der Waals surface area contributed by atoms with Crippen LogP contribution in [0.3, 0.4) is 0 Å². The third-order valence-electron chi connectivity index (χ3n) is 1.50. The molecule has 3 heteroatoms. The molecule has 1 aliphatic carbocycles. The van der Waals surface area contributed by atoms with Crippen molar-refractivity contribution in [1.29, 1.82) is 0 Å². The van der Waals surface area contributed by atoms with Crippen LogP contribution in [0.25, 0.3) is 0 Å². The monoisotopic (exact) mass is 371 g/mol. The molecule has 0 radical (unpaired) electrons. The summed E-state index contributed by atoms with van der Waals surface area (Å²) in [5.74, 6) is 0. The van der Waals surface area contributed by atoms with Crippen LogP contribution in [0.1, 0.15) is 25.7 Å². The number of allylic oxidation sites excluding steroid dienone is 4.